The van der Waals surface area contributed by atoms with Gasteiger partial charge in [-0.25, -0.2) is 4.98 Å². The van der Waals surface area contributed by atoms with E-state index in [-0.39, 0.29) is 11.5 Å². The number of fused-ring (bicyclic) bond motifs is 1. The van der Waals surface area contributed by atoms with Crippen molar-refractivity contribution in [3.63, 3.8) is 0 Å². The first kappa shape index (κ1) is 17.9. The predicted octanol–water partition coefficient (Wildman–Crippen LogP) is 4.61. The fourth-order valence-electron chi connectivity index (χ4n) is 3.08. The van der Waals surface area contributed by atoms with E-state index in [1.807, 2.05) is 24.6 Å². The number of aryl methyl sites for hydroxylation is 1. The van der Waals surface area contributed by atoms with E-state index in [4.69, 9.17) is 4.74 Å². The molecule has 0 saturated carbocycles. The van der Waals surface area contributed by atoms with Gasteiger partial charge in [-0.1, -0.05) is 6.92 Å². The Morgan fingerprint density at radius 1 is 1.32 bits per heavy atom. The maximum Gasteiger partial charge on any atom is 0.238 e. The predicted molar refractivity (Wildman–Crippen MR) is 104 cm³/mol. The Labute approximate surface area is 161 Å². The Hall–Kier alpha value is -1.86. The van der Waals surface area contributed by atoms with Gasteiger partial charge >= 0.3 is 0 Å². The third-order valence-electron chi connectivity index (χ3n) is 4.22. The molecule has 0 amide bonds. The molecule has 7 heteroatoms. The van der Waals surface area contributed by atoms with Gasteiger partial charge in [0.15, 0.2) is 5.78 Å². The molecular weight excluding hydrogens is 452 g/mol. The van der Waals surface area contributed by atoms with E-state index in [0.717, 1.165) is 16.6 Å². The molecule has 0 radical (unpaired) electrons. The largest absolute Gasteiger partial charge is 0.506 e. The molecule has 0 saturated heterocycles. The molecule has 0 atom stereocenters. The number of methoxy groups -OCH3 is 1. The van der Waals surface area contributed by atoms with Crippen LogP contribution < -0.4 is 4.74 Å². The number of ether oxygens (including phenoxy) is 1. The summed E-state index contributed by atoms with van der Waals surface area (Å²) in [5.74, 6) is 0.440. The number of phenols is 1. The van der Waals surface area contributed by atoms with Crippen LogP contribution in [0.2, 0.25) is 0 Å². The van der Waals surface area contributed by atoms with E-state index < -0.39 is 0 Å². The van der Waals surface area contributed by atoms with Crippen LogP contribution in [0.25, 0.3) is 10.9 Å². The van der Waals surface area contributed by atoms with Gasteiger partial charge in [0.05, 0.1) is 21.6 Å². The number of hydrogen-bond donors (Lipinski definition) is 1. The van der Waals surface area contributed by atoms with Gasteiger partial charge in [0.25, 0.3) is 0 Å². The fraction of sp³-hybridized carbons (Fsp3) is 0.222. The van der Waals surface area contributed by atoms with Gasteiger partial charge in [0.2, 0.25) is 5.88 Å². The molecule has 3 rings (SSSR count). The molecule has 1 aromatic carbocycles. The standard InChI is InChI=1S/C18H16Br2N2O3/c1-4-13-14(10-5-6-21-18(25-3)15(10)22(13)2)16(23)9-7-11(19)17(24)12(20)8-9/h5-8,24H,4H2,1-3H3. The molecular formula is C18H16Br2N2O3. The van der Waals surface area contributed by atoms with Crippen LogP contribution in [0.5, 0.6) is 11.6 Å². The molecule has 0 aliphatic rings. The summed E-state index contributed by atoms with van der Waals surface area (Å²) in [4.78, 5) is 17.5. The lowest BCUT2D eigenvalue weighted by Crippen LogP contribution is -2.06. The highest BCUT2D eigenvalue weighted by atomic mass is 79.9. The molecule has 130 valence electrons. The van der Waals surface area contributed by atoms with E-state index in [2.05, 4.69) is 36.8 Å². The average Bonchev–Trinajstić information content (AvgIpc) is 2.90. The number of halogens is 2. The first-order valence-corrected chi connectivity index (χ1v) is 9.22. The third kappa shape index (κ3) is 2.85. The lowest BCUT2D eigenvalue weighted by Gasteiger charge is -2.07. The molecule has 2 aromatic heterocycles. The molecule has 5 nitrogen and oxygen atoms in total. The molecule has 2 heterocycles. The van der Waals surface area contributed by atoms with Crippen LogP contribution >= 0.6 is 31.9 Å². The highest BCUT2D eigenvalue weighted by molar-refractivity contribution is 9.11. The summed E-state index contributed by atoms with van der Waals surface area (Å²) in [6, 6.07) is 5.08. The lowest BCUT2D eigenvalue weighted by atomic mass is 9.99. The maximum absolute atomic E-state index is 13.3. The SMILES string of the molecule is CCc1c(C(=O)c2cc(Br)c(O)c(Br)c2)c2ccnc(OC)c2n1C. The summed E-state index contributed by atoms with van der Waals surface area (Å²) < 4.78 is 8.25. The van der Waals surface area contributed by atoms with Gasteiger partial charge in [-0.3, -0.25) is 4.79 Å². The van der Waals surface area contributed by atoms with Crippen molar-refractivity contribution < 1.29 is 14.6 Å². The van der Waals surface area contributed by atoms with E-state index in [0.29, 0.717) is 32.4 Å². The van der Waals surface area contributed by atoms with Crippen LogP contribution in [-0.2, 0) is 13.5 Å². The van der Waals surface area contributed by atoms with Crippen molar-refractivity contribution in [2.75, 3.05) is 7.11 Å². The summed E-state index contributed by atoms with van der Waals surface area (Å²) >= 11 is 6.57. The second kappa shape index (κ2) is 6.80. The normalized spacial score (nSPS) is 11.1. The molecule has 0 fully saturated rings. The van der Waals surface area contributed by atoms with Crippen molar-refractivity contribution in [1.29, 1.82) is 0 Å². The van der Waals surface area contributed by atoms with Crippen LogP contribution in [0.4, 0.5) is 0 Å². The zero-order chi connectivity index (χ0) is 18.3. The van der Waals surface area contributed by atoms with E-state index >= 15 is 0 Å². The first-order valence-electron chi connectivity index (χ1n) is 7.63. The zero-order valence-corrected chi connectivity index (χ0v) is 17.1. The molecule has 0 aliphatic carbocycles. The molecule has 0 bridgehead atoms. The van der Waals surface area contributed by atoms with Crippen molar-refractivity contribution in [1.82, 2.24) is 9.55 Å². The number of carbonyl (C=O) groups is 1. The highest BCUT2D eigenvalue weighted by Crippen LogP contribution is 2.36. The Kier molecular flexibility index (Phi) is 4.88. The number of nitrogens with zero attached hydrogens (tertiary/aromatic N) is 2. The van der Waals surface area contributed by atoms with Crippen LogP contribution in [-0.4, -0.2) is 27.6 Å². The summed E-state index contributed by atoms with van der Waals surface area (Å²) in [7, 11) is 3.47. The topological polar surface area (TPSA) is 64.3 Å². The van der Waals surface area contributed by atoms with Gasteiger partial charge in [0.1, 0.15) is 11.3 Å². The number of benzene rings is 1. The van der Waals surface area contributed by atoms with Gasteiger partial charge < -0.3 is 14.4 Å². The van der Waals surface area contributed by atoms with Crippen molar-refractivity contribution in [2.45, 2.75) is 13.3 Å². The summed E-state index contributed by atoms with van der Waals surface area (Å²) in [6.45, 7) is 2.01. The summed E-state index contributed by atoms with van der Waals surface area (Å²) in [5.41, 5.74) is 2.81. The molecule has 3 aromatic rings. The minimum atomic E-state index is -0.114. The molecule has 1 N–H and O–H groups in total. The number of pyridine rings is 1. The van der Waals surface area contributed by atoms with Gasteiger partial charge in [0, 0.05) is 29.9 Å². The average molecular weight is 468 g/mol. The molecule has 0 aliphatic heterocycles. The Morgan fingerprint density at radius 3 is 2.52 bits per heavy atom. The van der Waals surface area contributed by atoms with Crippen molar-refractivity contribution in [2.24, 2.45) is 7.05 Å². The van der Waals surface area contributed by atoms with Crippen molar-refractivity contribution >= 4 is 48.5 Å². The minimum absolute atomic E-state index is 0.0658. The number of rotatable bonds is 4. The number of hydrogen-bond acceptors (Lipinski definition) is 4. The van der Waals surface area contributed by atoms with Crippen LogP contribution in [0, 0.1) is 0 Å². The van der Waals surface area contributed by atoms with Gasteiger partial charge in [-0.2, -0.15) is 0 Å². The molecule has 25 heavy (non-hydrogen) atoms. The van der Waals surface area contributed by atoms with Crippen molar-refractivity contribution in [3.8, 4) is 11.6 Å². The minimum Gasteiger partial charge on any atom is -0.506 e. The highest BCUT2D eigenvalue weighted by Gasteiger charge is 2.24. The Balaban J connectivity index is 2.30. The zero-order valence-electron chi connectivity index (χ0n) is 13.9. The smallest absolute Gasteiger partial charge is 0.238 e. The van der Waals surface area contributed by atoms with Gasteiger partial charge in [-0.05, 0) is 56.5 Å². The van der Waals surface area contributed by atoms with Crippen LogP contribution in [0.3, 0.4) is 0 Å². The number of aromatic nitrogens is 2. The van der Waals surface area contributed by atoms with E-state index in [1.165, 1.54) is 0 Å². The fourth-order valence-corrected chi connectivity index (χ4v) is 4.26. The lowest BCUT2D eigenvalue weighted by molar-refractivity contribution is 0.103. The number of aromatic hydroxyl groups is 1. The van der Waals surface area contributed by atoms with Crippen LogP contribution in [0.15, 0.2) is 33.3 Å². The number of ketones is 1. The second-order valence-electron chi connectivity index (χ2n) is 5.57. The van der Waals surface area contributed by atoms with E-state index in [1.54, 1.807) is 25.4 Å². The van der Waals surface area contributed by atoms with Crippen molar-refractivity contribution in [3.05, 3.63) is 50.2 Å². The number of carbonyl (C=O) groups excluding carboxylic acids is 1. The Morgan fingerprint density at radius 2 is 1.96 bits per heavy atom. The van der Waals surface area contributed by atoms with E-state index in [9.17, 15) is 9.90 Å². The summed E-state index contributed by atoms with van der Waals surface area (Å²) in [6.07, 6.45) is 2.33. The summed E-state index contributed by atoms with van der Waals surface area (Å²) in [5, 5.41) is 10.7. The second-order valence-corrected chi connectivity index (χ2v) is 7.28. The molecule has 0 unspecified atom stereocenters. The Bertz CT molecular complexity index is 973. The first-order chi connectivity index (χ1) is 11.9. The van der Waals surface area contributed by atoms with Gasteiger partial charge in [-0.15, -0.1) is 0 Å². The quantitative estimate of drug-likeness (QED) is 0.569. The molecule has 0 spiro atoms. The number of phenolic OH excluding ortho intramolecular Hbond substituents is 1. The third-order valence-corrected chi connectivity index (χ3v) is 5.43. The monoisotopic (exact) mass is 466 g/mol. The van der Waals surface area contributed by atoms with Crippen LogP contribution in [0.1, 0.15) is 28.5 Å². The maximum atomic E-state index is 13.3.